The Hall–Kier alpha value is -1.91. The summed E-state index contributed by atoms with van der Waals surface area (Å²) in [7, 11) is 1.64. The van der Waals surface area contributed by atoms with Crippen LogP contribution in [0.3, 0.4) is 0 Å². The number of hydrogen-bond acceptors (Lipinski definition) is 3. The van der Waals surface area contributed by atoms with Gasteiger partial charge in [-0.2, -0.15) is 0 Å². The van der Waals surface area contributed by atoms with Gasteiger partial charge in [-0.15, -0.1) is 0 Å². The molecule has 0 amide bonds. The highest BCUT2D eigenvalue weighted by Gasteiger charge is 2.14. The van der Waals surface area contributed by atoms with Crippen LogP contribution in [0.15, 0.2) is 35.1 Å². The Balaban J connectivity index is 2.64. The second-order valence-corrected chi connectivity index (χ2v) is 5.73. The van der Waals surface area contributed by atoms with Crippen LogP contribution in [0.5, 0.6) is 0 Å². The summed E-state index contributed by atoms with van der Waals surface area (Å²) < 4.78 is 6.91. The van der Waals surface area contributed by atoms with E-state index in [-0.39, 0.29) is 11.6 Å². The van der Waals surface area contributed by atoms with E-state index in [4.69, 9.17) is 10.5 Å². The van der Waals surface area contributed by atoms with Crippen molar-refractivity contribution in [1.82, 2.24) is 4.57 Å². The summed E-state index contributed by atoms with van der Waals surface area (Å²) in [6.45, 7) is 6.95. The molecule has 1 atom stereocenters. The number of aryl methyl sites for hydroxylation is 2. The summed E-state index contributed by atoms with van der Waals surface area (Å²) in [5, 5.41) is 0. The predicted octanol–water partition coefficient (Wildman–Crippen LogP) is 2.80. The second-order valence-electron chi connectivity index (χ2n) is 5.73. The van der Waals surface area contributed by atoms with Gasteiger partial charge in [0.15, 0.2) is 0 Å². The van der Waals surface area contributed by atoms with Crippen LogP contribution in [-0.2, 0) is 11.3 Å². The van der Waals surface area contributed by atoms with Crippen molar-refractivity contribution in [1.29, 1.82) is 0 Å². The maximum absolute atomic E-state index is 12.7. The summed E-state index contributed by atoms with van der Waals surface area (Å²) >= 11 is 0. The van der Waals surface area contributed by atoms with Crippen molar-refractivity contribution in [2.24, 2.45) is 5.73 Å². The average Bonchev–Trinajstić information content (AvgIpc) is 2.45. The zero-order chi connectivity index (χ0) is 16.3. The van der Waals surface area contributed by atoms with Crippen LogP contribution in [0, 0.1) is 13.8 Å². The third-order valence-corrected chi connectivity index (χ3v) is 3.87. The SMILES string of the molecule is COCCn1c(-c2ccc(C)cc2C)ccc(C(C)N)c1=O. The molecule has 2 aromatic rings. The van der Waals surface area contributed by atoms with Gasteiger partial charge >= 0.3 is 0 Å². The maximum atomic E-state index is 12.7. The molecular formula is C18H24N2O2. The van der Waals surface area contributed by atoms with Crippen molar-refractivity contribution < 1.29 is 4.74 Å². The van der Waals surface area contributed by atoms with E-state index in [0.29, 0.717) is 18.7 Å². The lowest BCUT2D eigenvalue weighted by atomic mass is 10.0. The highest BCUT2D eigenvalue weighted by atomic mass is 16.5. The molecule has 0 aliphatic rings. The first kappa shape index (κ1) is 16.5. The molecule has 0 saturated carbocycles. The zero-order valence-electron chi connectivity index (χ0n) is 13.7. The number of hydrogen-bond donors (Lipinski definition) is 1. The van der Waals surface area contributed by atoms with E-state index < -0.39 is 0 Å². The highest BCUT2D eigenvalue weighted by molar-refractivity contribution is 5.64. The summed E-state index contributed by atoms with van der Waals surface area (Å²) in [4.78, 5) is 12.7. The minimum absolute atomic E-state index is 0.0375. The highest BCUT2D eigenvalue weighted by Crippen LogP contribution is 2.24. The van der Waals surface area contributed by atoms with Crippen LogP contribution >= 0.6 is 0 Å². The lowest BCUT2D eigenvalue weighted by Gasteiger charge is -2.17. The smallest absolute Gasteiger partial charge is 0.255 e. The summed E-state index contributed by atoms with van der Waals surface area (Å²) in [6.07, 6.45) is 0. The molecule has 4 nitrogen and oxygen atoms in total. The monoisotopic (exact) mass is 300 g/mol. The maximum Gasteiger partial charge on any atom is 0.255 e. The molecular weight excluding hydrogens is 276 g/mol. The quantitative estimate of drug-likeness (QED) is 0.923. The molecule has 0 saturated heterocycles. The molecule has 0 fully saturated rings. The van der Waals surface area contributed by atoms with E-state index in [2.05, 4.69) is 32.0 Å². The number of rotatable bonds is 5. The summed E-state index contributed by atoms with van der Waals surface area (Å²) in [5.41, 5.74) is 10.8. The number of aromatic nitrogens is 1. The molecule has 4 heteroatoms. The van der Waals surface area contributed by atoms with Gasteiger partial charge in [0.25, 0.3) is 5.56 Å². The molecule has 1 heterocycles. The molecule has 0 aliphatic heterocycles. The van der Waals surface area contributed by atoms with Crippen LogP contribution in [0.2, 0.25) is 0 Å². The summed E-state index contributed by atoms with van der Waals surface area (Å²) in [5.74, 6) is 0. The molecule has 0 aliphatic carbocycles. The average molecular weight is 300 g/mol. The molecule has 0 spiro atoms. The first-order valence-electron chi connectivity index (χ1n) is 7.51. The number of nitrogens with two attached hydrogens (primary N) is 1. The van der Waals surface area contributed by atoms with E-state index in [0.717, 1.165) is 16.8 Å². The van der Waals surface area contributed by atoms with Crippen molar-refractivity contribution in [3.05, 3.63) is 57.4 Å². The van der Waals surface area contributed by atoms with Gasteiger partial charge < -0.3 is 15.0 Å². The number of nitrogens with zero attached hydrogens (tertiary/aromatic N) is 1. The van der Waals surface area contributed by atoms with Crippen LogP contribution in [0.4, 0.5) is 0 Å². The number of benzene rings is 1. The van der Waals surface area contributed by atoms with E-state index in [9.17, 15) is 4.79 Å². The Morgan fingerprint density at radius 3 is 2.55 bits per heavy atom. The van der Waals surface area contributed by atoms with Crippen LogP contribution < -0.4 is 11.3 Å². The number of pyridine rings is 1. The van der Waals surface area contributed by atoms with Gasteiger partial charge in [0, 0.05) is 30.8 Å². The third-order valence-electron chi connectivity index (χ3n) is 3.87. The first-order chi connectivity index (χ1) is 10.5. The Kier molecular flexibility index (Phi) is 5.16. The summed E-state index contributed by atoms with van der Waals surface area (Å²) in [6, 6.07) is 9.79. The fourth-order valence-corrected chi connectivity index (χ4v) is 2.68. The van der Waals surface area contributed by atoms with E-state index in [1.807, 2.05) is 19.1 Å². The molecule has 2 N–H and O–H groups in total. The minimum Gasteiger partial charge on any atom is -0.383 e. The molecule has 0 radical (unpaired) electrons. The van der Waals surface area contributed by atoms with Crippen LogP contribution in [-0.4, -0.2) is 18.3 Å². The Labute approximate surface area is 131 Å². The van der Waals surface area contributed by atoms with E-state index >= 15 is 0 Å². The largest absolute Gasteiger partial charge is 0.383 e. The normalized spacial score (nSPS) is 12.4. The van der Waals surface area contributed by atoms with Gasteiger partial charge in [0.2, 0.25) is 0 Å². The van der Waals surface area contributed by atoms with Gasteiger partial charge in [-0.05, 0) is 38.5 Å². The van der Waals surface area contributed by atoms with E-state index in [1.165, 1.54) is 5.56 Å². The standard InChI is InChI=1S/C18H24N2O2/c1-12-5-6-15(13(2)11-12)17-8-7-16(14(3)19)18(21)20(17)9-10-22-4/h5-8,11,14H,9-10,19H2,1-4H3. The number of ether oxygens (including phenoxy) is 1. The molecule has 2 rings (SSSR count). The van der Waals surface area contributed by atoms with Crippen LogP contribution in [0.25, 0.3) is 11.3 Å². The lowest BCUT2D eigenvalue weighted by Crippen LogP contribution is -2.29. The van der Waals surface area contributed by atoms with Crippen molar-refractivity contribution in [3.63, 3.8) is 0 Å². The van der Waals surface area contributed by atoms with Gasteiger partial charge in [-0.1, -0.05) is 23.8 Å². The number of methoxy groups -OCH3 is 1. The fraction of sp³-hybridized carbons (Fsp3) is 0.389. The third kappa shape index (κ3) is 3.29. The first-order valence-corrected chi connectivity index (χ1v) is 7.51. The molecule has 0 bridgehead atoms. The van der Waals surface area contributed by atoms with Gasteiger partial charge in [-0.3, -0.25) is 4.79 Å². The molecule has 1 unspecified atom stereocenters. The molecule has 22 heavy (non-hydrogen) atoms. The van der Waals surface area contributed by atoms with Gasteiger partial charge in [-0.25, -0.2) is 0 Å². The lowest BCUT2D eigenvalue weighted by molar-refractivity contribution is 0.186. The van der Waals surface area contributed by atoms with Crippen LogP contribution in [0.1, 0.15) is 29.7 Å². The predicted molar refractivity (Wildman–Crippen MR) is 90.1 cm³/mol. The zero-order valence-corrected chi connectivity index (χ0v) is 13.7. The van der Waals surface area contributed by atoms with Crippen molar-refractivity contribution in [3.8, 4) is 11.3 Å². The fourth-order valence-electron chi connectivity index (χ4n) is 2.68. The van der Waals surface area contributed by atoms with Gasteiger partial charge in [0.1, 0.15) is 0 Å². The Bertz CT molecular complexity index is 718. The molecule has 1 aromatic carbocycles. The Morgan fingerprint density at radius 2 is 1.95 bits per heavy atom. The van der Waals surface area contributed by atoms with Gasteiger partial charge in [0.05, 0.1) is 12.3 Å². The molecule has 1 aromatic heterocycles. The van der Waals surface area contributed by atoms with Crippen molar-refractivity contribution in [2.45, 2.75) is 33.4 Å². The second kappa shape index (κ2) is 6.90. The Morgan fingerprint density at radius 1 is 1.23 bits per heavy atom. The van der Waals surface area contributed by atoms with E-state index in [1.54, 1.807) is 11.7 Å². The van der Waals surface area contributed by atoms with Crippen molar-refractivity contribution >= 4 is 0 Å². The molecule has 118 valence electrons. The minimum atomic E-state index is -0.283. The topological polar surface area (TPSA) is 57.2 Å². The van der Waals surface area contributed by atoms with Crippen molar-refractivity contribution in [2.75, 3.05) is 13.7 Å².